The molecule has 0 radical (unpaired) electrons. The van der Waals surface area contributed by atoms with E-state index in [2.05, 4.69) is 20.8 Å². The molecule has 2 aromatic heterocycles. The van der Waals surface area contributed by atoms with E-state index < -0.39 is 23.3 Å². The summed E-state index contributed by atoms with van der Waals surface area (Å²) in [6, 6.07) is 4.94. The van der Waals surface area contributed by atoms with Gasteiger partial charge in [-0.15, -0.1) is 6.42 Å². The van der Waals surface area contributed by atoms with Gasteiger partial charge in [0.15, 0.2) is 5.82 Å². The van der Waals surface area contributed by atoms with Gasteiger partial charge in [-0.1, -0.05) is 12.0 Å². The standard InChI is InChI=1S/C35H32F3N7O3/c1-2-24-27(37)7-4-19-10-23(46)11-25(29(19)24)31-30(38)32-26(14-40-31)33(43-16-21-5-6-22(17-43)45(21)28(47)13-39)42-34(41-32)48-18-35-8-3-9-44(35)15-20(36)12-35/h1,4,7,10-11,13-14,20-22,39,46H,3,5-6,8-9,12,15-18H2. The first-order chi connectivity index (χ1) is 23.2. The van der Waals surface area contributed by atoms with Crippen LogP contribution < -0.4 is 9.64 Å². The molecule has 6 heterocycles. The van der Waals surface area contributed by atoms with E-state index in [4.69, 9.17) is 21.6 Å². The molecule has 4 aliphatic rings. The molecule has 1 amide bonds. The van der Waals surface area contributed by atoms with Gasteiger partial charge in [0.25, 0.3) is 5.91 Å². The van der Waals surface area contributed by atoms with Crippen molar-refractivity contribution in [1.29, 1.82) is 5.41 Å². The van der Waals surface area contributed by atoms with Crippen molar-refractivity contribution in [1.82, 2.24) is 24.8 Å². The molecule has 0 spiro atoms. The Kier molecular flexibility index (Phi) is 7.17. The first-order valence-corrected chi connectivity index (χ1v) is 16.1. The highest BCUT2D eigenvalue weighted by Crippen LogP contribution is 2.42. The van der Waals surface area contributed by atoms with Gasteiger partial charge in [-0.3, -0.25) is 14.7 Å². The number of carbonyl (C=O) groups is 1. The highest BCUT2D eigenvalue weighted by atomic mass is 19.1. The van der Waals surface area contributed by atoms with Crippen LogP contribution in [0.2, 0.25) is 0 Å². The molecular formula is C35H32F3N7O3. The summed E-state index contributed by atoms with van der Waals surface area (Å²) in [5.41, 5.74) is -0.785. The second kappa shape index (κ2) is 11.3. The smallest absolute Gasteiger partial charge is 0.319 e. The number of fused-ring (bicyclic) bond motifs is 5. The van der Waals surface area contributed by atoms with E-state index in [0.29, 0.717) is 42.6 Å². The van der Waals surface area contributed by atoms with Gasteiger partial charge in [-0.05, 0) is 55.8 Å². The second-order valence-electron chi connectivity index (χ2n) is 13.2. The van der Waals surface area contributed by atoms with Crippen molar-refractivity contribution in [3.63, 3.8) is 0 Å². The summed E-state index contributed by atoms with van der Waals surface area (Å²) < 4.78 is 52.5. The average molecular weight is 656 g/mol. The summed E-state index contributed by atoms with van der Waals surface area (Å²) in [6.07, 6.45) is 10.5. The van der Waals surface area contributed by atoms with Crippen LogP contribution in [0.1, 0.15) is 37.7 Å². The lowest BCUT2D eigenvalue weighted by Crippen LogP contribution is -2.56. The Morgan fingerprint density at radius 3 is 2.73 bits per heavy atom. The lowest BCUT2D eigenvalue weighted by molar-refractivity contribution is -0.126. The molecule has 0 saturated carbocycles. The summed E-state index contributed by atoms with van der Waals surface area (Å²) in [6.45, 7) is 2.04. The molecule has 13 heteroatoms. The third-order valence-electron chi connectivity index (χ3n) is 10.5. The number of nitrogens with zero attached hydrogens (tertiary/aromatic N) is 6. The third-order valence-corrected chi connectivity index (χ3v) is 10.5. The highest BCUT2D eigenvalue weighted by Gasteiger charge is 2.49. The molecule has 246 valence electrons. The maximum absolute atomic E-state index is 16.9. The Labute approximate surface area is 274 Å². The number of alkyl halides is 1. The largest absolute Gasteiger partial charge is 0.508 e. The fraction of sp³-hybridized carbons (Fsp3) is 0.400. The lowest BCUT2D eigenvalue weighted by Gasteiger charge is -2.41. The minimum atomic E-state index is -0.960. The summed E-state index contributed by atoms with van der Waals surface area (Å²) in [7, 11) is 0. The Morgan fingerprint density at radius 1 is 1.19 bits per heavy atom. The number of halogens is 3. The molecule has 0 aliphatic carbocycles. The van der Waals surface area contributed by atoms with Gasteiger partial charge in [0.1, 0.15) is 41.4 Å². The van der Waals surface area contributed by atoms with E-state index in [9.17, 15) is 18.7 Å². The summed E-state index contributed by atoms with van der Waals surface area (Å²) in [5.74, 6) is 0.680. The van der Waals surface area contributed by atoms with Crippen molar-refractivity contribution in [2.75, 3.05) is 37.7 Å². The number of rotatable bonds is 6. The number of phenolic OH excluding ortho intramolecular Hbond substituents is 1. The van der Waals surface area contributed by atoms with Crippen LogP contribution in [0.4, 0.5) is 19.0 Å². The number of amides is 1. The number of hydrogen-bond donors (Lipinski definition) is 2. The predicted octanol–water partition coefficient (Wildman–Crippen LogP) is 4.59. The highest BCUT2D eigenvalue weighted by molar-refractivity contribution is 6.25. The number of aromatic hydroxyl groups is 1. The molecular weight excluding hydrogens is 623 g/mol. The molecule has 2 N–H and O–H groups in total. The number of benzene rings is 2. The van der Waals surface area contributed by atoms with E-state index >= 15 is 4.39 Å². The Balaban J connectivity index is 1.26. The molecule has 4 atom stereocenters. The monoisotopic (exact) mass is 655 g/mol. The van der Waals surface area contributed by atoms with Gasteiger partial charge in [-0.2, -0.15) is 9.97 Å². The van der Waals surface area contributed by atoms with Gasteiger partial charge >= 0.3 is 6.01 Å². The zero-order valence-corrected chi connectivity index (χ0v) is 25.9. The molecule has 8 rings (SSSR count). The van der Waals surface area contributed by atoms with E-state index in [0.717, 1.165) is 38.4 Å². The van der Waals surface area contributed by atoms with Crippen molar-refractivity contribution >= 4 is 39.6 Å². The number of aromatic nitrogens is 3. The van der Waals surface area contributed by atoms with Crippen molar-refractivity contribution < 1.29 is 27.8 Å². The SMILES string of the molecule is C#Cc1c(F)ccc2cc(O)cc(-c3ncc4c(N5CC6CCC(C5)N6C(=O)C=N)nc(OCC56CCCN5CC(F)C6)nc4c3F)c12. The number of terminal acetylenes is 1. The summed E-state index contributed by atoms with van der Waals surface area (Å²) in [4.78, 5) is 32.1. The fourth-order valence-electron chi connectivity index (χ4n) is 8.43. The van der Waals surface area contributed by atoms with Crippen LogP contribution in [0, 0.1) is 29.4 Å². The average Bonchev–Trinajstić information content (AvgIpc) is 3.69. The van der Waals surface area contributed by atoms with Crippen molar-refractivity contribution in [3.8, 4) is 35.4 Å². The first kappa shape index (κ1) is 30.4. The number of carbonyl (C=O) groups excluding carboxylic acids is 1. The zero-order chi connectivity index (χ0) is 33.3. The molecule has 4 fully saturated rings. The van der Waals surface area contributed by atoms with Gasteiger partial charge in [-0.25, -0.2) is 13.2 Å². The van der Waals surface area contributed by atoms with Crippen LogP contribution in [0.5, 0.6) is 11.8 Å². The number of nitrogens with one attached hydrogen (secondary N) is 1. The Hall–Kier alpha value is -4.96. The van der Waals surface area contributed by atoms with Gasteiger partial charge in [0.05, 0.1) is 34.8 Å². The van der Waals surface area contributed by atoms with E-state index in [1.165, 1.54) is 30.5 Å². The normalized spacial score (nSPS) is 25.1. The van der Waals surface area contributed by atoms with Gasteiger partial charge < -0.3 is 25.1 Å². The molecule has 4 unspecified atom stereocenters. The molecule has 4 saturated heterocycles. The maximum Gasteiger partial charge on any atom is 0.319 e. The van der Waals surface area contributed by atoms with Crippen molar-refractivity contribution in [3.05, 3.63) is 47.7 Å². The van der Waals surface area contributed by atoms with Crippen LogP contribution in [0.25, 0.3) is 32.9 Å². The summed E-state index contributed by atoms with van der Waals surface area (Å²) in [5, 5.41) is 19.0. The number of pyridine rings is 1. The molecule has 4 aliphatic heterocycles. The van der Waals surface area contributed by atoms with Crippen LogP contribution >= 0.6 is 0 Å². The minimum absolute atomic E-state index is 0.0847. The van der Waals surface area contributed by atoms with E-state index in [1.54, 1.807) is 4.90 Å². The quantitative estimate of drug-likeness (QED) is 0.229. The molecule has 10 nitrogen and oxygen atoms in total. The number of anilines is 1. The number of phenols is 1. The fourth-order valence-corrected chi connectivity index (χ4v) is 8.43. The van der Waals surface area contributed by atoms with Crippen LogP contribution in [0.3, 0.4) is 0 Å². The van der Waals surface area contributed by atoms with Gasteiger partial charge in [0, 0.05) is 43.2 Å². The Bertz CT molecular complexity index is 2040. The second-order valence-corrected chi connectivity index (χ2v) is 13.2. The molecule has 48 heavy (non-hydrogen) atoms. The number of piperazine rings is 1. The topological polar surface area (TPSA) is 119 Å². The van der Waals surface area contributed by atoms with Crippen LogP contribution in [0.15, 0.2) is 30.5 Å². The number of hydrogen-bond acceptors (Lipinski definition) is 9. The van der Waals surface area contributed by atoms with Crippen molar-refractivity contribution in [2.45, 2.75) is 55.9 Å². The summed E-state index contributed by atoms with van der Waals surface area (Å²) >= 11 is 0. The third kappa shape index (κ3) is 4.72. The zero-order valence-electron chi connectivity index (χ0n) is 25.9. The van der Waals surface area contributed by atoms with Crippen LogP contribution in [-0.4, -0.2) is 98.6 Å². The predicted molar refractivity (Wildman–Crippen MR) is 173 cm³/mol. The van der Waals surface area contributed by atoms with Crippen molar-refractivity contribution in [2.24, 2.45) is 0 Å². The van der Waals surface area contributed by atoms with E-state index in [1.807, 2.05) is 4.90 Å². The maximum atomic E-state index is 16.9. The van der Waals surface area contributed by atoms with E-state index in [-0.39, 0.29) is 64.1 Å². The molecule has 2 bridgehead atoms. The van der Waals surface area contributed by atoms with Gasteiger partial charge in [0.2, 0.25) is 0 Å². The molecule has 4 aromatic rings. The Morgan fingerprint density at radius 2 is 1.98 bits per heavy atom. The first-order valence-electron chi connectivity index (χ1n) is 16.1. The lowest BCUT2D eigenvalue weighted by atomic mass is 9.95. The molecule has 2 aromatic carbocycles. The number of ether oxygens (including phenoxy) is 1. The minimum Gasteiger partial charge on any atom is -0.508 e. The van der Waals surface area contributed by atoms with Crippen LogP contribution in [-0.2, 0) is 4.79 Å².